The minimum Gasteiger partial charge on any atom is -0.456 e. The molecule has 0 unspecified atom stereocenters. The first-order valence-electron chi connectivity index (χ1n) is 12.4. The van der Waals surface area contributed by atoms with Gasteiger partial charge >= 0.3 is 5.97 Å². The van der Waals surface area contributed by atoms with Crippen molar-refractivity contribution in [3.05, 3.63) is 59.7 Å². The summed E-state index contributed by atoms with van der Waals surface area (Å²) >= 11 is 0. The molecular weight excluding hydrogens is 444 g/mol. The Hall–Kier alpha value is -2.48. The summed E-state index contributed by atoms with van der Waals surface area (Å²) < 4.78 is 20.3. The van der Waals surface area contributed by atoms with E-state index in [0.717, 1.165) is 6.42 Å². The molecule has 0 amide bonds. The molecular formula is C28H38N2O5. The van der Waals surface area contributed by atoms with Crippen molar-refractivity contribution in [3.63, 3.8) is 0 Å². The van der Waals surface area contributed by atoms with Crippen molar-refractivity contribution in [1.82, 2.24) is 9.55 Å². The van der Waals surface area contributed by atoms with Gasteiger partial charge in [0.1, 0.15) is 11.7 Å². The number of allylic oxidation sites excluding steroid dienone is 3. The maximum atomic E-state index is 13.0. The van der Waals surface area contributed by atoms with Gasteiger partial charge in [0.05, 0.1) is 18.6 Å². The predicted octanol–water partition coefficient (Wildman–Crippen LogP) is 4.21. The zero-order valence-corrected chi connectivity index (χ0v) is 21.6. The fourth-order valence-corrected chi connectivity index (χ4v) is 5.78. The van der Waals surface area contributed by atoms with Crippen LogP contribution in [0.15, 0.2) is 54.1 Å². The molecule has 0 radical (unpaired) electrons. The molecule has 0 saturated carbocycles. The summed E-state index contributed by atoms with van der Waals surface area (Å²) in [5.41, 5.74) is 1.74. The Morgan fingerprint density at radius 1 is 1.40 bits per heavy atom. The summed E-state index contributed by atoms with van der Waals surface area (Å²) in [5.74, 6) is -0.472. The van der Waals surface area contributed by atoms with Gasteiger partial charge in [0.25, 0.3) is 0 Å². The number of aliphatic hydroxyl groups excluding tert-OH is 1. The van der Waals surface area contributed by atoms with Crippen LogP contribution < -0.4 is 0 Å². The smallest absolute Gasteiger partial charge is 0.331 e. The molecule has 190 valence electrons. The quantitative estimate of drug-likeness (QED) is 0.372. The molecule has 2 bridgehead atoms. The monoisotopic (exact) mass is 482 g/mol. The van der Waals surface area contributed by atoms with E-state index in [-0.39, 0.29) is 18.4 Å². The van der Waals surface area contributed by atoms with Gasteiger partial charge in [-0.15, -0.1) is 0 Å². The van der Waals surface area contributed by atoms with Crippen LogP contribution in [-0.4, -0.2) is 51.8 Å². The Bertz CT molecular complexity index is 1070. The van der Waals surface area contributed by atoms with E-state index in [0.29, 0.717) is 29.5 Å². The number of hydrogen-bond acceptors (Lipinski definition) is 6. The lowest BCUT2D eigenvalue weighted by Crippen LogP contribution is -2.47. The topological polar surface area (TPSA) is 82.8 Å². The van der Waals surface area contributed by atoms with Crippen molar-refractivity contribution < 1.29 is 24.1 Å². The SMILES string of the molecule is CO[C@]12C=C[C@](C)(O1)[C@@H](OC(=O)/C=C/c1cn(C)cn1)C[C@H]1C(C)=CC[C@H](C(C)C)[C@H]1/C=C\2CO. The molecule has 0 spiro atoms. The zero-order chi connectivity index (χ0) is 25.4. The number of rotatable bonds is 6. The lowest BCUT2D eigenvalue weighted by Gasteiger charge is -2.41. The Balaban J connectivity index is 1.71. The number of carbonyl (C=O) groups is 1. The number of ether oxygens (including phenoxy) is 3. The van der Waals surface area contributed by atoms with Crippen LogP contribution in [0.25, 0.3) is 6.08 Å². The van der Waals surface area contributed by atoms with Gasteiger partial charge in [0, 0.05) is 32.0 Å². The van der Waals surface area contributed by atoms with E-state index in [4.69, 9.17) is 14.2 Å². The maximum absolute atomic E-state index is 13.0. The molecule has 4 rings (SSSR count). The van der Waals surface area contributed by atoms with Gasteiger partial charge in [0.2, 0.25) is 5.79 Å². The van der Waals surface area contributed by atoms with Crippen molar-refractivity contribution in [3.8, 4) is 0 Å². The molecule has 7 nitrogen and oxygen atoms in total. The van der Waals surface area contributed by atoms with Gasteiger partial charge in [0.15, 0.2) is 0 Å². The van der Waals surface area contributed by atoms with E-state index in [9.17, 15) is 9.90 Å². The Labute approximate surface area is 208 Å². The second kappa shape index (κ2) is 9.88. The van der Waals surface area contributed by atoms with Gasteiger partial charge in [-0.25, -0.2) is 9.78 Å². The number of aromatic nitrogens is 2. The van der Waals surface area contributed by atoms with E-state index < -0.39 is 23.5 Å². The first-order valence-corrected chi connectivity index (χ1v) is 12.4. The largest absolute Gasteiger partial charge is 0.456 e. The number of methoxy groups -OCH3 is 1. The highest BCUT2D eigenvalue weighted by atomic mass is 16.7. The Morgan fingerprint density at radius 3 is 2.80 bits per heavy atom. The summed E-state index contributed by atoms with van der Waals surface area (Å²) in [5, 5.41) is 10.4. The number of aliphatic hydroxyl groups is 1. The average molecular weight is 483 g/mol. The molecule has 35 heavy (non-hydrogen) atoms. The van der Waals surface area contributed by atoms with E-state index >= 15 is 0 Å². The Kier molecular flexibility index (Phi) is 7.23. The predicted molar refractivity (Wildman–Crippen MR) is 134 cm³/mol. The van der Waals surface area contributed by atoms with Crippen LogP contribution in [0.3, 0.4) is 0 Å². The van der Waals surface area contributed by atoms with Crippen molar-refractivity contribution in [1.29, 1.82) is 0 Å². The molecule has 1 N–H and O–H groups in total. The van der Waals surface area contributed by atoms with E-state index in [1.807, 2.05) is 36.9 Å². The molecule has 2 aliphatic heterocycles. The average Bonchev–Trinajstić information content (AvgIpc) is 3.41. The van der Waals surface area contributed by atoms with Crippen molar-refractivity contribution >= 4 is 12.0 Å². The number of imidazole rings is 1. The van der Waals surface area contributed by atoms with Gasteiger partial charge in [-0.3, -0.25) is 0 Å². The van der Waals surface area contributed by atoms with Crippen LogP contribution in [0.4, 0.5) is 0 Å². The zero-order valence-electron chi connectivity index (χ0n) is 21.6. The number of carbonyl (C=O) groups excluding carboxylic acids is 1. The van der Waals surface area contributed by atoms with Crippen molar-refractivity contribution in [2.24, 2.45) is 30.7 Å². The molecule has 1 aliphatic carbocycles. The summed E-state index contributed by atoms with van der Waals surface area (Å²) in [4.78, 5) is 17.2. The van der Waals surface area contributed by atoms with Crippen LogP contribution >= 0.6 is 0 Å². The van der Waals surface area contributed by atoms with Crippen molar-refractivity contribution in [2.75, 3.05) is 13.7 Å². The third kappa shape index (κ3) is 4.95. The second-order valence-electron chi connectivity index (χ2n) is 10.6. The van der Waals surface area contributed by atoms with Crippen LogP contribution in [0.5, 0.6) is 0 Å². The second-order valence-corrected chi connectivity index (χ2v) is 10.6. The fraction of sp³-hybridized carbons (Fsp3) is 0.571. The van der Waals surface area contributed by atoms with E-state index in [2.05, 4.69) is 37.9 Å². The molecule has 3 heterocycles. The van der Waals surface area contributed by atoms with E-state index in [1.54, 1.807) is 19.5 Å². The highest BCUT2D eigenvalue weighted by Crippen LogP contribution is 2.49. The highest BCUT2D eigenvalue weighted by Gasteiger charge is 2.53. The molecule has 0 saturated heterocycles. The molecule has 1 aromatic rings. The maximum Gasteiger partial charge on any atom is 0.331 e. The normalized spacial score (nSPS) is 36.2. The lowest BCUT2D eigenvalue weighted by atomic mass is 9.65. The van der Waals surface area contributed by atoms with Crippen molar-refractivity contribution in [2.45, 2.75) is 58.0 Å². The Morgan fingerprint density at radius 2 is 2.17 bits per heavy atom. The minimum atomic E-state index is -1.19. The summed E-state index contributed by atoms with van der Waals surface area (Å²) in [7, 11) is 3.46. The van der Waals surface area contributed by atoms with Gasteiger partial charge in [-0.05, 0) is 68.6 Å². The molecule has 6 atom stereocenters. The van der Waals surface area contributed by atoms with Crippen LogP contribution in [0.2, 0.25) is 0 Å². The molecule has 0 fully saturated rings. The number of hydrogen-bond donors (Lipinski definition) is 1. The third-order valence-corrected chi connectivity index (χ3v) is 7.91. The van der Waals surface area contributed by atoms with Crippen LogP contribution in [0, 0.1) is 23.7 Å². The number of fused-ring (bicyclic) bond motifs is 3. The highest BCUT2D eigenvalue weighted by molar-refractivity contribution is 5.86. The first kappa shape index (κ1) is 25.6. The molecule has 7 heteroatoms. The number of aryl methyl sites for hydroxylation is 1. The standard InChI is InChI=1S/C28H38N2O5/c1-18(2)22-9-7-19(3)23-14-25(34-26(32)10-8-21-15-30(5)17-29-21)27(4)11-12-28(33-6,35-27)20(16-31)13-24(22)23/h7-8,10-13,15,17-18,22-25,31H,9,14,16H2,1-6H3/b10-8+,20-13-/t22-,23+,24-,25+,27+,28-/m1/s1. The third-order valence-electron chi connectivity index (χ3n) is 7.91. The molecule has 0 aromatic carbocycles. The number of esters is 1. The first-order chi connectivity index (χ1) is 16.6. The minimum absolute atomic E-state index is 0.150. The number of nitrogens with zero attached hydrogens (tertiary/aromatic N) is 2. The summed E-state index contributed by atoms with van der Waals surface area (Å²) in [6, 6.07) is 0. The molecule has 1 aromatic heterocycles. The van der Waals surface area contributed by atoms with Gasteiger partial charge in [-0.2, -0.15) is 0 Å². The van der Waals surface area contributed by atoms with Crippen LogP contribution in [0.1, 0.15) is 46.2 Å². The van der Waals surface area contributed by atoms with E-state index in [1.165, 1.54) is 11.6 Å². The summed E-state index contributed by atoms with van der Waals surface area (Å²) in [6.07, 6.45) is 15.8. The van der Waals surface area contributed by atoms with Crippen LogP contribution in [-0.2, 0) is 26.1 Å². The fourth-order valence-electron chi connectivity index (χ4n) is 5.78. The lowest BCUT2D eigenvalue weighted by molar-refractivity contribution is -0.227. The van der Waals surface area contributed by atoms with Gasteiger partial charge in [-0.1, -0.05) is 31.6 Å². The van der Waals surface area contributed by atoms with Gasteiger partial charge < -0.3 is 23.9 Å². The summed E-state index contributed by atoms with van der Waals surface area (Å²) in [6.45, 7) is 8.38. The molecule has 3 aliphatic rings.